The van der Waals surface area contributed by atoms with Gasteiger partial charge in [0.1, 0.15) is 0 Å². The molecule has 2 rings (SSSR count). The maximum Gasteiger partial charge on any atom is 0.162 e. The number of rotatable bonds is 10. The van der Waals surface area contributed by atoms with Crippen molar-refractivity contribution >= 4 is 16.6 Å². The summed E-state index contributed by atoms with van der Waals surface area (Å²) in [5.74, 6) is 0.590. The van der Waals surface area contributed by atoms with E-state index < -0.39 is 10.8 Å². The number of carbonyl (C=O) groups is 1. The highest BCUT2D eigenvalue weighted by Crippen LogP contribution is 2.19. The number of benzene rings is 2. The zero-order valence-corrected chi connectivity index (χ0v) is 16.7. The monoisotopic (exact) mass is 371 g/mol. The molecule has 26 heavy (non-hydrogen) atoms. The minimum absolute atomic E-state index is 0.0754. The van der Waals surface area contributed by atoms with Crippen molar-refractivity contribution in [3.05, 3.63) is 71.8 Å². The van der Waals surface area contributed by atoms with Gasteiger partial charge in [0, 0.05) is 30.1 Å². The minimum Gasteiger partial charge on any atom is -0.297 e. The lowest BCUT2D eigenvalue weighted by Crippen LogP contribution is -2.43. The van der Waals surface area contributed by atoms with Gasteiger partial charge in [-0.15, -0.1) is 0 Å². The summed E-state index contributed by atoms with van der Waals surface area (Å²) in [5.41, 5.74) is 2.37. The average Bonchev–Trinajstić information content (AvgIpc) is 2.60. The maximum absolute atomic E-state index is 12.9. The van der Waals surface area contributed by atoms with Crippen molar-refractivity contribution in [2.75, 3.05) is 12.0 Å². The molecule has 3 nitrogen and oxygen atoms in total. The topological polar surface area (TPSA) is 37.4 Å². The third-order valence-corrected chi connectivity index (χ3v) is 5.00. The van der Waals surface area contributed by atoms with Crippen LogP contribution in [0.15, 0.2) is 60.7 Å². The molecular weight excluding hydrogens is 342 g/mol. The van der Waals surface area contributed by atoms with Crippen LogP contribution >= 0.6 is 0 Å². The molecule has 1 unspecified atom stereocenters. The standard InChI is InChI=1S/C22H29NO2S/c1-18(2)14-21(22(24)17-26(3)25)23(15-19-10-6-4-7-11-19)16-20-12-8-5-9-13-20/h4-13,18,21H,14-17H2,1-3H3/t21-,26?/m0/s1. The molecule has 0 radical (unpaired) electrons. The molecule has 0 bridgehead atoms. The van der Waals surface area contributed by atoms with Crippen LogP contribution in [0.5, 0.6) is 0 Å². The predicted octanol–water partition coefficient (Wildman–Crippen LogP) is 4.05. The highest BCUT2D eigenvalue weighted by molar-refractivity contribution is 7.85. The molecule has 0 aliphatic carbocycles. The molecule has 0 N–H and O–H groups in total. The Labute approximate surface area is 159 Å². The van der Waals surface area contributed by atoms with Crippen LogP contribution in [-0.4, -0.2) is 32.9 Å². The van der Waals surface area contributed by atoms with Gasteiger partial charge in [-0.05, 0) is 23.5 Å². The van der Waals surface area contributed by atoms with Crippen LogP contribution in [0.25, 0.3) is 0 Å². The minimum atomic E-state index is -1.12. The van der Waals surface area contributed by atoms with Gasteiger partial charge in [0.15, 0.2) is 5.78 Å². The largest absolute Gasteiger partial charge is 0.297 e. The van der Waals surface area contributed by atoms with E-state index in [4.69, 9.17) is 0 Å². The first-order valence-electron chi connectivity index (χ1n) is 9.10. The van der Waals surface area contributed by atoms with Gasteiger partial charge < -0.3 is 0 Å². The molecule has 0 fully saturated rings. The number of nitrogens with zero attached hydrogens (tertiary/aromatic N) is 1. The molecule has 0 heterocycles. The smallest absolute Gasteiger partial charge is 0.162 e. The van der Waals surface area contributed by atoms with Gasteiger partial charge in [0.2, 0.25) is 0 Å². The zero-order chi connectivity index (χ0) is 18.9. The molecule has 0 saturated heterocycles. The SMILES string of the molecule is CC(C)C[C@@H](C(=O)CS(C)=O)N(Cc1ccccc1)Cc1ccccc1. The zero-order valence-electron chi connectivity index (χ0n) is 15.9. The maximum atomic E-state index is 12.9. The van der Waals surface area contributed by atoms with E-state index in [0.29, 0.717) is 19.0 Å². The van der Waals surface area contributed by atoms with Crippen LogP contribution in [0.2, 0.25) is 0 Å². The lowest BCUT2D eigenvalue weighted by atomic mass is 9.98. The van der Waals surface area contributed by atoms with Gasteiger partial charge in [-0.3, -0.25) is 13.9 Å². The van der Waals surface area contributed by atoms with Gasteiger partial charge in [-0.2, -0.15) is 0 Å². The molecule has 140 valence electrons. The van der Waals surface area contributed by atoms with Crippen LogP contribution in [0, 0.1) is 5.92 Å². The molecule has 0 aromatic heterocycles. The fourth-order valence-electron chi connectivity index (χ4n) is 3.14. The van der Waals surface area contributed by atoms with Gasteiger partial charge in [-0.1, -0.05) is 74.5 Å². The fraction of sp³-hybridized carbons (Fsp3) is 0.409. The summed E-state index contributed by atoms with van der Waals surface area (Å²) in [6.45, 7) is 5.67. The Morgan fingerprint density at radius 1 is 0.923 bits per heavy atom. The summed E-state index contributed by atoms with van der Waals surface area (Å²) in [6, 6.07) is 20.2. The summed E-state index contributed by atoms with van der Waals surface area (Å²) in [6.07, 6.45) is 2.37. The van der Waals surface area contributed by atoms with E-state index in [-0.39, 0.29) is 17.6 Å². The third-order valence-electron chi connectivity index (χ3n) is 4.31. The summed E-state index contributed by atoms with van der Waals surface area (Å²) < 4.78 is 11.7. The summed E-state index contributed by atoms with van der Waals surface area (Å²) in [7, 11) is -1.12. The number of hydrogen-bond donors (Lipinski definition) is 0. The molecule has 2 aromatic rings. The van der Waals surface area contributed by atoms with Crippen LogP contribution in [0.4, 0.5) is 0 Å². The molecule has 0 spiro atoms. The van der Waals surface area contributed by atoms with Crippen LogP contribution in [-0.2, 0) is 28.7 Å². The predicted molar refractivity (Wildman–Crippen MR) is 109 cm³/mol. The van der Waals surface area contributed by atoms with Crippen molar-refractivity contribution in [1.82, 2.24) is 4.90 Å². The van der Waals surface area contributed by atoms with Crippen LogP contribution < -0.4 is 0 Å². The number of Topliss-reactive ketones (excluding diaryl/α,β-unsaturated/α-hetero) is 1. The van der Waals surface area contributed by atoms with E-state index in [1.807, 2.05) is 36.4 Å². The second-order valence-corrected chi connectivity index (χ2v) is 8.64. The third kappa shape index (κ3) is 6.85. The van der Waals surface area contributed by atoms with E-state index in [0.717, 1.165) is 6.42 Å². The first kappa shape index (κ1) is 20.5. The van der Waals surface area contributed by atoms with Crippen molar-refractivity contribution in [3.63, 3.8) is 0 Å². The lowest BCUT2D eigenvalue weighted by molar-refractivity contribution is -0.122. The Morgan fingerprint density at radius 2 is 1.38 bits per heavy atom. The average molecular weight is 372 g/mol. The molecule has 0 aliphatic rings. The van der Waals surface area contributed by atoms with E-state index in [2.05, 4.69) is 43.0 Å². The van der Waals surface area contributed by atoms with Gasteiger partial charge in [-0.25, -0.2) is 0 Å². The summed E-state index contributed by atoms with van der Waals surface area (Å²) >= 11 is 0. The second kappa shape index (κ2) is 10.4. The van der Waals surface area contributed by atoms with Crippen LogP contribution in [0.3, 0.4) is 0 Å². The molecular formula is C22H29NO2S. The quantitative estimate of drug-likeness (QED) is 0.632. The number of hydrogen-bond acceptors (Lipinski definition) is 3. The first-order chi connectivity index (χ1) is 12.5. The summed E-state index contributed by atoms with van der Waals surface area (Å²) in [5, 5.41) is 0. The van der Waals surface area contributed by atoms with E-state index in [1.165, 1.54) is 11.1 Å². The molecule has 2 aromatic carbocycles. The highest BCUT2D eigenvalue weighted by Gasteiger charge is 2.27. The number of carbonyl (C=O) groups excluding carboxylic acids is 1. The lowest BCUT2D eigenvalue weighted by Gasteiger charge is -2.32. The normalized spacial score (nSPS) is 13.7. The Hall–Kier alpha value is -1.78. The second-order valence-electron chi connectivity index (χ2n) is 7.21. The van der Waals surface area contributed by atoms with Gasteiger partial charge in [0.05, 0.1) is 11.8 Å². The Balaban J connectivity index is 2.29. The fourth-order valence-corrected chi connectivity index (χ4v) is 3.73. The Bertz CT molecular complexity index is 659. The van der Waals surface area contributed by atoms with Gasteiger partial charge >= 0.3 is 0 Å². The van der Waals surface area contributed by atoms with Crippen molar-refractivity contribution in [2.24, 2.45) is 5.92 Å². The highest BCUT2D eigenvalue weighted by atomic mass is 32.2. The van der Waals surface area contributed by atoms with Gasteiger partial charge in [0.25, 0.3) is 0 Å². The van der Waals surface area contributed by atoms with Crippen molar-refractivity contribution in [1.29, 1.82) is 0 Å². The molecule has 2 atom stereocenters. The van der Waals surface area contributed by atoms with Crippen molar-refractivity contribution in [3.8, 4) is 0 Å². The van der Waals surface area contributed by atoms with Crippen LogP contribution in [0.1, 0.15) is 31.4 Å². The molecule has 4 heteroatoms. The van der Waals surface area contributed by atoms with E-state index >= 15 is 0 Å². The van der Waals surface area contributed by atoms with Crippen molar-refractivity contribution < 1.29 is 9.00 Å². The van der Waals surface area contributed by atoms with E-state index in [1.54, 1.807) is 6.26 Å². The molecule has 0 aliphatic heterocycles. The van der Waals surface area contributed by atoms with Crippen molar-refractivity contribution in [2.45, 2.75) is 39.4 Å². The molecule has 0 saturated carbocycles. The Morgan fingerprint density at radius 3 is 1.77 bits per heavy atom. The molecule has 0 amide bonds. The first-order valence-corrected chi connectivity index (χ1v) is 10.8. The van der Waals surface area contributed by atoms with E-state index in [9.17, 15) is 9.00 Å². The Kier molecular flexibility index (Phi) is 8.20. The summed E-state index contributed by atoms with van der Waals surface area (Å²) in [4.78, 5) is 15.1. The number of ketones is 1.